The predicted octanol–water partition coefficient (Wildman–Crippen LogP) is 1.93. The van der Waals surface area contributed by atoms with E-state index in [0.717, 1.165) is 19.3 Å². The second kappa shape index (κ2) is 6.10. The number of nitro groups is 1. The van der Waals surface area contributed by atoms with Crippen molar-refractivity contribution in [2.24, 2.45) is 11.8 Å². The number of fused-ring (bicyclic) bond motifs is 1. The smallest absolute Gasteiger partial charge is 0.326 e. The number of hydrogen-bond donors (Lipinski definition) is 1. The van der Waals surface area contributed by atoms with E-state index in [9.17, 15) is 24.8 Å². The van der Waals surface area contributed by atoms with Gasteiger partial charge in [-0.15, -0.1) is 0 Å². The molecule has 8 heteroatoms. The number of likely N-dealkylation sites (tertiary alicyclic amines) is 1. The van der Waals surface area contributed by atoms with Gasteiger partial charge in [-0.2, -0.15) is 0 Å². The summed E-state index contributed by atoms with van der Waals surface area (Å²) in [5.74, 6) is -1.23. The lowest BCUT2D eigenvalue weighted by atomic mass is 9.94. The van der Waals surface area contributed by atoms with Crippen molar-refractivity contribution in [1.82, 2.24) is 4.90 Å². The van der Waals surface area contributed by atoms with E-state index in [1.54, 1.807) is 0 Å². The van der Waals surface area contributed by atoms with Gasteiger partial charge in [-0.3, -0.25) is 14.9 Å². The first-order chi connectivity index (χ1) is 11.4. The molecule has 0 spiro atoms. The molecule has 1 aromatic rings. The second-order valence-corrected chi connectivity index (χ2v) is 6.24. The van der Waals surface area contributed by atoms with Gasteiger partial charge in [0.15, 0.2) is 5.75 Å². The van der Waals surface area contributed by atoms with E-state index >= 15 is 0 Å². The Hall–Kier alpha value is -2.64. The number of carbonyl (C=O) groups excluding carboxylic acids is 1. The van der Waals surface area contributed by atoms with Gasteiger partial charge in [-0.1, -0.05) is 6.42 Å². The van der Waals surface area contributed by atoms with Crippen LogP contribution in [-0.4, -0.2) is 46.5 Å². The number of rotatable bonds is 4. The topological polar surface area (TPSA) is 110 Å². The molecule has 0 bridgehead atoms. The fourth-order valence-corrected chi connectivity index (χ4v) is 3.96. The molecular weight excluding hydrogens is 316 g/mol. The largest absolute Gasteiger partial charge is 0.490 e. The Balaban J connectivity index is 1.91. The normalized spacial score (nSPS) is 25.4. The Labute approximate surface area is 138 Å². The molecule has 3 unspecified atom stereocenters. The van der Waals surface area contributed by atoms with E-state index in [2.05, 4.69) is 0 Å². The highest BCUT2D eigenvalue weighted by Gasteiger charge is 2.49. The highest BCUT2D eigenvalue weighted by Crippen LogP contribution is 2.43. The predicted molar refractivity (Wildman–Crippen MR) is 82.9 cm³/mol. The molecule has 1 aliphatic heterocycles. The van der Waals surface area contributed by atoms with E-state index in [1.165, 1.54) is 30.2 Å². The van der Waals surface area contributed by atoms with Crippen molar-refractivity contribution in [3.05, 3.63) is 33.9 Å². The lowest BCUT2D eigenvalue weighted by molar-refractivity contribution is -0.385. The summed E-state index contributed by atoms with van der Waals surface area (Å²) in [6, 6.07) is 3.02. The van der Waals surface area contributed by atoms with Crippen molar-refractivity contribution in [3.8, 4) is 5.75 Å². The lowest BCUT2D eigenvalue weighted by Gasteiger charge is -2.24. The Morgan fingerprint density at radius 3 is 2.75 bits per heavy atom. The van der Waals surface area contributed by atoms with E-state index in [4.69, 9.17) is 4.74 Å². The van der Waals surface area contributed by atoms with Gasteiger partial charge in [0, 0.05) is 24.2 Å². The second-order valence-electron chi connectivity index (χ2n) is 6.24. The van der Waals surface area contributed by atoms with Crippen LogP contribution < -0.4 is 4.74 Å². The highest BCUT2D eigenvalue weighted by atomic mass is 16.6. The van der Waals surface area contributed by atoms with Gasteiger partial charge < -0.3 is 14.7 Å². The van der Waals surface area contributed by atoms with Gasteiger partial charge in [-0.25, -0.2) is 4.79 Å². The summed E-state index contributed by atoms with van der Waals surface area (Å²) in [6.07, 6.45) is 2.74. The zero-order valence-corrected chi connectivity index (χ0v) is 13.2. The SMILES string of the molecule is COc1cc(C(=O)N2CC3CCCC3C2C(=O)O)ccc1[N+](=O)[O-]. The monoisotopic (exact) mass is 334 g/mol. The molecule has 0 radical (unpaired) electrons. The lowest BCUT2D eigenvalue weighted by Crippen LogP contribution is -2.43. The summed E-state index contributed by atoms with van der Waals surface area (Å²) in [5, 5.41) is 20.5. The van der Waals surface area contributed by atoms with Gasteiger partial charge in [-0.05, 0) is 30.7 Å². The Morgan fingerprint density at radius 1 is 1.38 bits per heavy atom. The number of nitrogens with zero attached hydrogens (tertiary/aromatic N) is 2. The molecular formula is C16H18N2O6. The molecule has 3 rings (SSSR count). The summed E-state index contributed by atoms with van der Waals surface area (Å²) in [6.45, 7) is 0.416. The van der Waals surface area contributed by atoms with E-state index in [-0.39, 0.29) is 28.8 Å². The quantitative estimate of drug-likeness (QED) is 0.665. The van der Waals surface area contributed by atoms with Crippen LogP contribution in [0.3, 0.4) is 0 Å². The Kier molecular flexibility index (Phi) is 4.13. The van der Waals surface area contributed by atoms with Gasteiger partial charge in [0.25, 0.3) is 5.91 Å². The molecule has 128 valence electrons. The molecule has 24 heavy (non-hydrogen) atoms. The average Bonchev–Trinajstić information content (AvgIpc) is 3.13. The minimum atomic E-state index is -0.994. The minimum Gasteiger partial charge on any atom is -0.490 e. The first-order valence-corrected chi connectivity index (χ1v) is 7.80. The van der Waals surface area contributed by atoms with Crippen molar-refractivity contribution in [1.29, 1.82) is 0 Å². The molecule has 1 aromatic carbocycles. The van der Waals surface area contributed by atoms with Crippen LogP contribution in [0.1, 0.15) is 29.6 Å². The average molecular weight is 334 g/mol. The summed E-state index contributed by atoms with van der Waals surface area (Å²) in [7, 11) is 1.29. The molecule has 2 fully saturated rings. The van der Waals surface area contributed by atoms with E-state index < -0.39 is 22.8 Å². The first kappa shape index (κ1) is 16.2. The number of carbonyl (C=O) groups is 2. The van der Waals surface area contributed by atoms with Crippen LogP contribution in [0.5, 0.6) is 5.75 Å². The summed E-state index contributed by atoms with van der Waals surface area (Å²) >= 11 is 0. The Bertz CT molecular complexity index is 704. The van der Waals surface area contributed by atoms with Crippen molar-refractivity contribution in [2.45, 2.75) is 25.3 Å². The zero-order valence-electron chi connectivity index (χ0n) is 13.2. The number of aliphatic carboxylic acids is 1. The maximum absolute atomic E-state index is 12.8. The van der Waals surface area contributed by atoms with E-state index in [0.29, 0.717) is 6.54 Å². The number of carboxylic acids is 1. The molecule has 0 aromatic heterocycles. The number of ether oxygens (including phenoxy) is 1. The number of methoxy groups -OCH3 is 1. The number of hydrogen-bond acceptors (Lipinski definition) is 5. The minimum absolute atomic E-state index is 0.00797. The standard InChI is InChI=1S/C16H18N2O6/c1-24-13-7-9(5-6-12(13)18(22)23)15(19)17-8-10-3-2-4-11(10)14(17)16(20)21/h5-7,10-11,14H,2-4,8H2,1H3,(H,20,21). The van der Waals surface area contributed by atoms with Crippen LogP contribution in [0.4, 0.5) is 5.69 Å². The molecule has 1 saturated carbocycles. The van der Waals surface area contributed by atoms with Gasteiger partial charge in [0.05, 0.1) is 12.0 Å². The van der Waals surface area contributed by atoms with Crippen molar-refractivity contribution in [2.75, 3.05) is 13.7 Å². The molecule has 1 amide bonds. The van der Waals surface area contributed by atoms with Crippen LogP contribution in [-0.2, 0) is 4.79 Å². The fourth-order valence-electron chi connectivity index (χ4n) is 3.96. The van der Waals surface area contributed by atoms with Crippen LogP contribution in [0.15, 0.2) is 18.2 Å². The number of nitro benzene ring substituents is 1. The molecule has 1 heterocycles. The van der Waals surface area contributed by atoms with Crippen LogP contribution >= 0.6 is 0 Å². The summed E-state index contributed by atoms with van der Waals surface area (Å²) < 4.78 is 4.98. The zero-order chi connectivity index (χ0) is 17.4. The number of carboxylic acid groups (broad SMARTS) is 1. The van der Waals surface area contributed by atoms with Crippen molar-refractivity contribution in [3.63, 3.8) is 0 Å². The molecule has 3 atom stereocenters. The maximum atomic E-state index is 12.8. The molecule has 1 saturated heterocycles. The van der Waals surface area contributed by atoms with Crippen LogP contribution in [0.2, 0.25) is 0 Å². The third-order valence-corrected chi connectivity index (χ3v) is 5.03. The van der Waals surface area contributed by atoms with E-state index in [1.807, 2.05) is 0 Å². The molecule has 1 aliphatic carbocycles. The summed E-state index contributed by atoms with van der Waals surface area (Å²) in [4.78, 5) is 36.2. The highest BCUT2D eigenvalue weighted by molar-refractivity contribution is 5.97. The van der Waals surface area contributed by atoms with Gasteiger partial charge >= 0.3 is 11.7 Å². The molecule has 2 aliphatic rings. The maximum Gasteiger partial charge on any atom is 0.326 e. The molecule has 8 nitrogen and oxygen atoms in total. The number of benzene rings is 1. The third kappa shape index (κ3) is 2.57. The van der Waals surface area contributed by atoms with Crippen LogP contribution in [0.25, 0.3) is 0 Å². The summed E-state index contributed by atoms with van der Waals surface area (Å²) in [5.41, 5.74) is -0.0363. The Morgan fingerprint density at radius 2 is 2.12 bits per heavy atom. The van der Waals surface area contributed by atoms with Gasteiger partial charge in [0.2, 0.25) is 0 Å². The first-order valence-electron chi connectivity index (χ1n) is 7.80. The number of amides is 1. The van der Waals surface area contributed by atoms with Crippen molar-refractivity contribution >= 4 is 17.6 Å². The van der Waals surface area contributed by atoms with Crippen molar-refractivity contribution < 1.29 is 24.4 Å². The fraction of sp³-hybridized carbons (Fsp3) is 0.500. The van der Waals surface area contributed by atoms with Crippen LogP contribution in [0, 0.1) is 22.0 Å². The van der Waals surface area contributed by atoms with Gasteiger partial charge in [0.1, 0.15) is 6.04 Å². The molecule has 1 N–H and O–H groups in total. The third-order valence-electron chi connectivity index (χ3n) is 5.03.